The van der Waals surface area contributed by atoms with Crippen LogP contribution < -0.4 is 10.6 Å². The van der Waals surface area contributed by atoms with Crippen molar-refractivity contribution in [3.63, 3.8) is 0 Å². The van der Waals surface area contributed by atoms with Crippen molar-refractivity contribution in [2.45, 2.75) is 25.8 Å². The Morgan fingerprint density at radius 3 is 2.11 bits per heavy atom. The van der Waals surface area contributed by atoms with Crippen LogP contribution in [0.1, 0.15) is 30.9 Å². The molecule has 148 valence electrons. The smallest absolute Gasteiger partial charge is 0.407 e. The summed E-state index contributed by atoms with van der Waals surface area (Å²) < 4.78 is 5.42. The quantitative estimate of drug-likeness (QED) is 0.652. The Hall–Kier alpha value is -2.86. The molecule has 0 saturated carbocycles. The number of ether oxygens (including phenoxy) is 1. The van der Waals surface area contributed by atoms with Gasteiger partial charge in [0.05, 0.1) is 0 Å². The molecule has 3 rings (SSSR count). The zero-order chi connectivity index (χ0) is 20.1. The average Bonchev–Trinajstić information content (AvgIpc) is 3.00. The Labute approximate surface area is 164 Å². The van der Waals surface area contributed by atoms with Crippen LogP contribution in [0.4, 0.5) is 4.79 Å². The minimum Gasteiger partial charge on any atom is -0.480 e. The molecule has 3 N–H and O–H groups in total. The molecule has 0 aliphatic heterocycles. The lowest BCUT2D eigenvalue weighted by molar-refractivity contribution is -0.139. The Balaban J connectivity index is 1.58. The number of aliphatic carboxylic acids is 1. The summed E-state index contributed by atoms with van der Waals surface area (Å²) in [5.74, 6) is -0.705. The van der Waals surface area contributed by atoms with Gasteiger partial charge in [-0.05, 0) is 34.7 Å². The molecule has 2 aromatic carbocycles. The molecule has 0 unspecified atom stereocenters. The molecule has 1 aliphatic rings. The largest absolute Gasteiger partial charge is 0.480 e. The summed E-state index contributed by atoms with van der Waals surface area (Å²) in [6.07, 6.45) is -0.612. The average molecular weight is 382 g/mol. The van der Waals surface area contributed by atoms with Gasteiger partial charge in [0, 0.05) is 12.5 Å². The van der Waals surface area contributed by atoms with Gasteiger partial charge in [-0.3, -0.25) is 4.79 Å². The van der Waals surface area contributed by atoms with Crippen molar-refractivity contribution in [1.29, 1.82) is 0 Å². The molecular weight excluding hydrogens is 356 g/mol. The summed E-state index contributed by atoms with van der Waals surface area (Å²) in [5.41, 5.74) is 4.60. The van der Waals surface area contributed by atoms with E-state index in [1.807, 2.05) is 38.1 Å². The van der Waals surface area contributed by atoms with Crippen molar-refractivity contribution in [2.75, 3.05) is 19.7 Å². The van der Waals surface area contributed by atoms with Gasteiger partial charge in [-0.15, -0.1) is 0 Å². The summed E-state index contributed by atoms with van der Waals surface area (Å²) in [7, 11) is 0. The van der Waals surface area contributed by atoms with Gasteiger partial charge >= 0.3 is 12.1 Å². The number of carbonyl (C=O) groups is 2. The second kappa shape index (κ2) is 8.89. The predicted octanol–water partition coefficient (Wildman–Crippen LogP) is 3.22. The van der Waals surface area contributed by atoms with Crippen molar-refractivity contribution in [3.8, 4) is 11.1 Å². The minimum absolute atomic E-state index is 0.0208. The van der Waals surface area contributed by atoms with Crippen molar-refractivity contribution in [3.05, 3.63) is 59.7 Å². The van der Waals surface area contributed by atoms with Crippen molar-refractivity contribution in [2.24, 2.45) is 5.92 Å². The van der Waals surface area contributed by atoms with E-state index in [4.69, 9.17) is 4.74 Å². The van der Waals surface area contributed by atoms with Crippen molar-refractivity contribution >= 4 is 12.1 Å². The topological polar surface area (TPSA) is 87.7 Å². The third-order valence-electron chi connectivity index (χ3n) is 4.86. The van der Waals surface area contributed by atoms with Gasteiger partial charge in [0.1, 0.15) is 12.6 Å². The van der Waals surface area contributed by atoms with Gasteiger partial charge in [0.15, 0.2) is 0 Å². The molecule has 0 bridgehead atoms. The molecule has 1 aliphatic carbocycles. The number of carboxylic acids is 1. The highest BCUT2D eigenvalue weighted by atomic mass is 16.5. The summed E-state index contributed by atoms with van der Waals surface area (Å²) in [5, 5.41) is 14.7. The van der Waals surface area contributed by atoms with E-state index in [1.54, 1.807) is 0 Å². The molecule has 0 heterocycles. The lowest BCUT2D eigenvalue weighted by Gasteiger charge is -2.18. The lowest BCUT2D eigenvalue weighted by atomic mass is 9.98. The van der Waals surface area contributed by atoms with Gasteiger partial charge < -0.3 is 20.5 Å². The summed E-state index contributed by atoms with van der Waals surface area (Å²) in [4.78, 5) is 23.4. The van der Waals surface area contributed by atoms with E-state index in [9.17, 15) is 14.7 Å². The van der Waals surface area contributed by atoms with Gasteiger partial charge in [-0.2, -0.15) is 0 Å². The number of hydrogen-bond acceptors (Lipinski definition) is 4. The molecule has 2 aromatic rings. The van der Waals surface area contributed by atoms with E-state index in [0.717, 1.165) is 22.3 Å². The molecule has 6 nitrogen and oxygen atoms in total. The second-order valence-corrected chi connectivity index (χ2v) is 7.40. The lowest BCUT2D eigenvalue weighted by Crippen LogP contribution is -2.47. The highest BCUT2D eigenvalue weighted by molar-refractivity contribution is 5.79. The molecule has 28 heavy (non-hydrogen) atoms. The van der Waals surface area contributed by atoms with E-state index in [2.05, 4.69) is 34.9 Å². The third-order valence-corrected chi connectivity index (χ3v) is 4.86. The minimum atomic E-state index is -1.00. The maximum atomic E-state index is 12.1. The molecule has 6 heteroatoms. The van der Waals surface area contributed by atoms with Crippen LogP contribution in [-0.2, 0) is 9.53 Å². The highest BCUT2D eigenvalue weighted by Gasteiger charge is 2.29. The number of carboxylic acid groups (broad SMARTS) is 1. The first-order valence-electron chi connectivity index (χ1n) is 9.52. The van der Waals surface area contributed by atoms with E-state index >= 15 is 0 Å². The standard InChI is InChI=1S/C22H26N2O4/c1-14(2)11-23-20(21(25)26)12-24-22(27)28-13-19-17-9-5-3-7-15(17)16-8-4-6-10-18(16)19/h3-10,14,19-20,23H,11-13H2,1-2H3,(H,24,27)(H,25,26)/t20-/m0/s1. The molecule has 0 aromatic heterocycles. The van der Waals surface area contributed by atoms with Crippen LogP contribution in [-0.4, -0.2) is 42.9 Å². The van der Waals surface area contributed by atoms with Crippen LogP contribution in [0.2, 0.25) is 0 Å². The molecular formula is C22H26N2O4. The first kappa shape index (κ1) is 19.9. The molecule has 0 radical (unpaired) electrons. The fourth-order valence-electron chi connectivity index (χ4n) is 3.46. The van der Waals surface area contributed by atoms with Crippen LogP contribution >= 0.6 is 0 Å². The number of benzene rings is 2. The Morgan fingerprint density at radius 2 is 1.57 bits per heavy atom. The fourth-order valence-corrected chi connectivity index (χ4v) is 3.46. The predicted molar refractivity (Wildman–Crippen MR) is 107 cm³/mol. The summed E-state index contributed by atoms with van der Waals surface area (Å²) >= 11 is 0. The molecule has 0 saturated heterocycles. The molecule has 0 fully saturated rings. The van der Waals surface area contributed by atoms with E-state index in [0.29, 0.717) is 12.5 Å². The van der Waals surface area contributed by atoms with Crippen molar-refractivity contribution < 1.29 is 19.4 Å². The first-order valence-corrected chi connectivity index (χ1v) is 9.52. The van der Waals surface area contributed by atoms with E-state index in [1.165, 1.54) is 0 Å². The van der Waals surface area contributed by atoms with Crippen LogP contribution in [0, 0.1) is 5.92 Å². The zero-order valence-electron chi connectivity index (χ0n) is 16.1. The number of hydrogen-bond donors (Lipinski definition) is 3. The molecule has 1 amide bonds. The number of nitrogens with one attached hydrogen (secondary N) is 2. The number of fused-ring (bicyclic) bond motifs is 3. The maximum Gasteiger partial charge on any atom is 0.407 e. The normalized spacial score (nSPS) is 13.7. The van der Waals surface area contributed by atoms with Gasteiger partial charge in [-0.25, -0.2) is 4.79 Å². The van der Waals surface area contributed by atoms with E-state index in [-0.39, 0.29) is 19.1 Å². The number of amides is 1. The molecule has 0 spiro atoms. The fraction of sp³-hybridized carbons (Fsp3) is 0.364. The number of alkyl carbamates (subject to hydrolysis) is 1. The van der Waals surface area contributed by atoms with E-state index < -0.39 is 18.1 Å². The highest BCUT2D eigenvalue weighted by Crippen LogP contribution is 2.44. The Bertz CT molecular complexity index is 804. The first-order chi connectivity index (χ1) is 13.5. The maximum absolute atomic E-state index is 12.1. The summed E-state index contributed by atoms with van der Waals surface area (Å²) in [6, 6.07) is 15.4. The third kappa shape index (κ3) is 4.51. The SMILES string of the molecule is CC(C)CN[C@@H](CNC(=O)OCC1c2ccccc2-c2ccccc21)C(=O)O. The number of carbonyl (C=O) groups excluding carboxylic acids is 1. The van der Waals surface area contributed by atoms with Crippen molar-refractivity contribution in [1.82, 2.24) is 10.6 Å². The molecule has 1 atom stereocenters. The van der Waals surface area contributed by atoms with Gasteiger partial charge in [0.25, 0.3) is 0 Å². The second-order valence-electron chi connectivity index (χ2n) is 7.40. The summed E-state index contributed by atoms with van der Waals surface area (Å²) in [6.45, 7) is 4.72. The zero-order valence-corrected chi connectivity index (χ0v) is 16.1. The van der Waals surface area contributed by atoms with Gasteiger partial charge in [0.2, 0.25) is 0 Å². The van der Waals surface area contributed by atoms with Crippen LogP contribution in [0.25, 0.3) is 11.1 Å². The van der Waals surface area contributed by atoms with Crippen LogP contribution in [0.5, 0.6) is 0 Å². The Kier molecular flexibility index (Phi) is 6.31. The van der Waals surface area contributed by atoms with Crippen LogP contribution in [0.15, 0.2) is 48.5 Å². The monoisotopic (exact) mass is 382 g/mol. The van der Waals surface area contributed by atoms with Crippen LogP contribution in [0.3, 0.4) is 0 Å². The van der Waals surface area contributed by atoms with Gasteiger partial charge in [-0.1, -0.05) is 62.4 Å². The number of rotatable bonds is 8. The Morgan fingerprint density at radius 1 is 1.00 bits per heavy atom.